The minimum atomic E-state index is -0.230. The highest BCUT2D eigenvalue weighted by Gasteiger charge is 2.22. The molecule has 1 amide bonds. The summed E-state index contributed by atoms with van der Waals surface area (Å²) in [5, 5.41) is 3.99. The van der Waals surface area contributed by atoms with Crippen LogP contribution >= 0.6 is 23.2 Å². The van der Waals surface area contributed by atoms with Crippen LogP contribution < -0.4 is 5.32 Å². The maximum atomic E-state index is 13.3. The highest BCUT2D eigenvalue weighted by molar-refractivity contribution is 6.42. The summed E-state index contributed by atoms with van der Waals surface area (Å²) in [5.41, 5.74) is 3.56. The molecule has 6 heteroatoms. The second kappa shape index (κ2) is 9.38. The van der Waals surface area contributed by atoms with Gasteiger partial charge in [0.1, 0.15) is 17.2 Å². The number of aromatic nitrogens is 2. The summed E-state index contributed by atoms with van der Waals surface area (Å²) in [6, 6.07) is 24.7. The van der Waals surface area contributed by atoms with Crippen LogP contribution in [0.2, 0.25) is 10.0 Å². The fourth-order valence-electron chi connectivity index (χ4n) is 3.46. The topological polar surface area (TPSA) is 57.8 Å². The summed E-state index contributed by atoms with van der Waals surface area (Å²) in [4.78, 5) is 21.3. The van der Waals surface area contributed by atoms with E-state index in [4.69, 9.17) is 28.2 Å². The first-order valence-electron chi connectivity index (χ1n) is 10.0. The Morgan fingerprint density at radius 1 is 0.935 bits per heavy atom. The number of nitrogens with zero attached hydrogens (tertiary/aromatic N) is 1. The summed E-state index contributed by atoms with van der Waals surface area (Å²) < 4.78 is 0. The van der Waals surface area contributed by atoms with Gasteiger partial charge in [-0.1, -0.05) is 96.9 Å². The lowest BCUT2D eigenvalue weighted by Gasteiger charge is -2.17. The van der Waals surface area contributed by atoms with Crippen molar-refractivity contribution in [1.29, 1.82) is 0 Å². The van der Waals surface area contributed by atoms with Gasteiger partial charge in [-0.15, -0.1) is 0 Å². The van der Waals surface area contributed by atoms with Crippen LogP contribution in [0.15, 0.2) is 78.9 Å². The summed E-state index contributed by atoms with van der Waals surface area (Å²) in [6.07, 6.45) is 0.761. The van der Waals surface area contributed by atoms with Gasteiger partial charge in [-0.25, -0.2) is 4.98 Å². The summed E-state index contributed by atoms with van der Waals surface area (Å²) in [6.45, 7) is 2.04. The van der Waals surface area contributed by atoms with E-state index in [9.17, 15) is 4.79 Å². The molecule has 1 aromatic heterocycles. The van der Waals surface area contributed by atoms with Gasteiger partial charge in [-0.05, 0) is 24.1 Å². The Balaban J connectivity index is 1.75. The van der Waals surface area contributed by atoms with E-state index in [1.165, 1.54) is 0 Å². The van der Waals surface area contributed by atoms with E-state index < -0.39 is 0 Å². The fraction of sp³-hybridized carbons (Fsp3) is 0.120. The molecule has 0 aliphatic rings. The van der Waals surface area contributed by atoms with Crippen molar-refractivity contribution in [3.05, 3.63) is 100 Å². The average molecular weight is 450 g/mol. The van der Waals surface area contributed by atoms with Gasteiger partial charge in [-0.2, -0.15) is 0 Å². The van der Waals surface area contributed by atoms with Crippen molar-refractivity contribution in [3.8, 4) is 22.6 Å². The standard InChI is InChI=1S/C25H21Cl2N3O/c1-2-21(16-9-5-3-6-10-16)28-25(31)23-22(18-13-14-19(26)20(27)15-18)29-24(30-23)17-11-7-4-8-12-17/h3-15,21H,2H2,1H3,(H,28,31)(H,29,30). The third-order valence-electron chi connectivity index (χ3n) is 5.09. The second-order valence-corrected chi connectivity index (χ2v) is 7.96. The number of hydrogen-bond acceptors (Lipinski definition) is 2. The number of amides is 1. The lowest BCUT2D eigenvalue weighted by atomic mass is 10.0. The molecule has 0 saturated carbocycles. The quantitative estimate of drug-likeness (QED) is 0.335. The van der Waals surface area contributed by atoms with Gasteiger partial charge in [0.2, 0.25) is 0 Å². The van der Waals surface area contributed by atoms with E-state index in [0.29, 0.717) is 32.8 Å². The lowest BCUT2D eigenvalue weighted by Crippen LogP contribution is -2.28. The van der Waals surface area contributed by atoms with Crippen molar-refractivity contribution in [1.82, 2.24) is 15.3 Å². The van der Waals surface area contributed by atoms with Crippen molar-refractivity contribution >= 4 is 29.1 Å². The zero-order valence-electron chi connectivity index (χ0n) is 16.9. The molecule has 0 radical (unpaired) electrons. The molecule has 4 aromatic rings. The van der Waals surface area contributed by atoms with Gasteiger partial charge in [-0.3, -0.25) is 4.79 Å². The Kier molecular flexibility index (Phi) is 6.40. The molecule has 4 rings (SSSR count). The number of carbonyl (C=O) groups is 1. The fourth-order valence-corrected chi connectivity index (χ4v) is 3.76. The molecule has 3 aromatic carbocycles. The molecule has 0 bridgehead atoms. The van der Waals surface area contributed by atoms with Crippen LogP contribution in [0.25, 0.3) is 22.6 Å². The van der Waals surface area contributed by atoms with Crippen LogP contribution in [-0.2, 0) is 0 Å². The third-order valence-corrected chi connectivity index (χ3v) is 5.83. The summed E-state index contributed by atoms with van der Waals surface area (Å²) in [7, 11) is 0. The number of benzene rings is 3. The van der Waals surface area contributed by atoms with Gasteiger partial charge in [0.05, 0.1) is 16.1 Å². The van der Waals surface area contributed by atoms with E-state index in [0.717, 1.165) is 17.5 Å². The lowest BCUT2D eigenvalue weighted by molar-refractivity contribution is 0.0932. The Labute approximate surface area is 191 Å². The Morgan fingerprint density at radius 2 is 1.61 bits per heavy atom. The summed E-state index contributed by atoms with van der Waals surface area (Å²) in [5.74, 6) is 0.381. The molecule has 1 heterocycles. The van der Waals surface area contributed by atoms with Crippen LogP contribution in [-0.4, -0.2) is 15.9 Å². The molecule has 0 aliphatic carbocycles. The SMILES string of the molecule is CCC(NC(=O)c1[nH]c(-c2ccccc2)nc1-c1ccc(Cl)c(Cl)c1)c1ccccc1. The van der Waals surface area contributed by atoms with Gasteiger partial charge in [0, 0.05) is 11.1 Å². The van der Waals surface area contributed by atoms with Gasteiger partial charge in [0.15, 0.2) is 0 Å². The third kappa shape index (κ3) is 4.66. The maximum absolute atomic E-state index is 13.3. The van der Waals surface area contributed by atoms with Gasteiger partial charge >= 0.3 is 0 Å². The molecular weight excluding hydrogens is 429 g/mol. The molecule has 1 atom stereocenters. The predicted molar refractivity (Wildman–Crippen MR) is 126 cm³/mol. The first kappa shape index (κ1) is 21.2. The minimum Gasteiger partial charge on any atom is -0.344 e. The van der Waals surface area contributed by atoms with Crippen molar-refractivity contribution in [3.63, 3.8) is 0 Å². The van der Waals surface area contributed by atoms with Gasteiger partial charge < -0.3 is 10.3 Å². The van der Waals surface area contributed by atoms with E-state index in [1.807, 2.05) is 73.7 Å². The molecular formula is C25H21Cl2N3O. The second-order valence-electron chi connectivity index (χ2n) is 7.15. The molecule has 0 aliphatic heterocycles. The van der Waals surface area contributed by atoms with Crippen molar-refractivity contribution in [2.75, 3.05) is 0 Å². The number of carbonyl (C=O) groups excluding carboxylic acids is 1. The normalized spacial score (nSPS) is 11.8. The molecule has 1 unspecified atom stereocenters. The van der Waals surface area contributed by atoms with E-state index in [2.05, 4.69) is 10.3 Å². The minimum absolute atomic E-state index is 0.112. The van der Waals surface area contributed by atoms with Crippen molar-refractivity contribution in [2.24, 2.45) is 0 Å². The molecule has 2 N–H and O–H groups in total. The number of imidazole rings is 1. The number of H-pyrrole nitrogens is 1. The molecule has 156 valence electrons. The maximum Gasteiger partial charge on any atom is 0.270 e. The number of halogens is 2. The Hall–Kier alpha value is -3.08. The molecule has 0 saturated heterocycles. The molecule has 0 spiro atoms. The number of hydrogen-bond donors (Lipinski definition) is 2. The molecule has 4 nitrogen and oxygen atoms in total. The van der Waals surface area contributed by atoms with Crippen molar-refractivity contribution in [2.45, 2.75) is 19.4 Å². The first-order chi connectivity index (χ1) is 15.1. The first-order valence-corrected chi connectivity index (χ1v) is 10.8. The van der Waals surface area contributed by atoms with Gasteiger partial charge in [0.25, 0.3) is 5.91 Å². The Bertz CT molecular complexity index is 1190. The highest BCUT2D eigenvalue weighted by atomic mass is 35.5. The van der Waals surface area contributed by atoms with E-state index >= 15 is 0 Å². The van der Waals surface area contributed by atoms with Crippen LogP contribution in [0.1, 0.15) is 35.4 Å². The zero-order valence-corrected chi connectivity index (χ0v) is 18.4. The highest BCUT2D eigenvalue weighted by Crippen LogP contribution is 2.31. The average Bonchev–Trinajstić information content (AvgIpc) is 3.26. The zero-order chi connectivity index (χ0) is 21.8. The Morgan fingerprint density at radius 3 is 2.26 bits per heavy atom. The number of aromatic amines is 1. The monoisotopic (exact) mass is 449 g/mol. The van der Waals surface area contributed by atoms with E-state index in [1.54, 1.807) is 12.1 Å². The van der Waals surface area contributed by atoms with Crippen LogP contribution in [0.4, 0.5) is 0 Å². The largest absolute Gasteiger partial charge is 0.344 e. The smallest absolute Gasteiger partial charge is 0.270 e. The van der Waals surface area contributed by atoms with Crippen LogP contribution in [0.5, 0.6) is 0 Å². The number of rotatable bonds is 6. The van der Waals surface area contributed by atoms with E-state index in [-0.39, 0.29) is 11.9 Å². The predicted octanol–water partition coefficient (Wildman–Crippen LogP) is 6.93. The summed E-state index contributed by atoms with van der Waals surface area (Å²) >= 11 is 12.3. The van der Waals surface area contributed by atoms with Crippen molar-refractivity contribution < 1.29 is 4.79 Å². The number of nitrogens with one attached hydrogen (secondary N) is 2. The molecule has 0 fully saturated rings. The van der Waals surface area contributed by atoms with Crippen LogP contribution in [0.3, 0.4) is 0 Å². The molecule has 31 heavy (non-hydrogen) atoms. The van der Waals surface area contributed by atoms with Crippen LogP contribution in [0, 0.1) is 0 Å².